The van der Waals surface area contributed by atoms with E-state index in [9.17, 15) is 9.59 Å². The molecule has 0 saturated carbocycles. The molecule has 1 aromatic carbocycles. The standard InChI is InChI=1S/C18H26N4O2S/c1-3-11-21(12-4-2)16(23)14-25-18-20-19-17(24)22(18)13-10-15-8-6-5-7-9-15/h5-9H,3-4,10-14H2,1-2H3,(H,19,24). The van der Waals surface area contributed by atoms with Crippen LogP contribution in [0.4, 0.5) is 0 Å². The summed E-state index contributed by atoms with van der Waals surface area (Å²) in [5.74, 6) is 0.397. The Kier molecular flexibility index (Phi) is 7.78. The third-order valence-electron chi connectivity index (χ3n) is 3.85. The molecule has 0 atom stereocenters. The Morgan fingerprint density at radius 2 is 1.88 bits per heavy atom. The zero-order valence-electron chi connectivity index (χ0n) is 14.9. The van der Waals surface area contributed by atoms with Gasteiger partial charge in [0, 0.05) is 19.6 Å². The molecule has 0 aliphatic carbocycles. The minimum atomic E-state index is -0.232. The second kappa shape index (κ2) is 10.1. The highest BCUT2D eigenvalue weighted by atomic mass is 32.2. The number of carbonyl (C=O) groups excluding carboxylic acids is 1. The molecular formula is C18H26N4O2S. The summed E-state index contributed by atoms with van der Waals surface area (Å²) in [4.78, 5) is 26.2. The lowest BCUT2D eigenvalue weighted by atomic mass is 10.1. The number of hydrogen-bond acceptors (Lipinski definition) is 4. The molecule has 0 bridgehead atoms. The molecular weight excluding hydrogens is 336 g/mol. The van der Waals surface area contributed by atoms with E-state index in [1.54, 1.807) is 4.57 Å². The SMILES string of the molecule is CCCN(CCC)C(=O)CSc1n[nH]c(=O)n1CCc1ccccc1. The first kappa shape index (κ1) is 19.3. The van der Waals surface area contributed by atoms with E-state index in [2.05, 4.69) is 24.0 Å². The summed E-state index contributed by atoms with van der Waals surface area (Å²) in [6.45, 7) is 6.23. The van der Waals surface area contributed by atoms with E-state index in [0.29, 0.717) is 17.5 Å². The highest BCUT2D eigenvalue weighted by Crippen LogP contribution is 2.15. The third-order valence-corrected chi connectivity index (χ3v) is 4.82. The summed E-state index contributed by atoms with van der Waals surface area (Å²) in [6.07, 6.45) is 2.64. The number of amides is 1. The second-order valence-corrected chi connectivity index (χ2v) is 6.81. The van der Waals surface area contributed by atoms with Gasteiger partial charge >= 0.3 is 5.69 Å². The first-order valence-electron chi connectivity index (χ1n) is 8.75. The van der Waals surface area contributed by atoms with Gasteiger partial charge in [0.1, 0.15) is 0 Å². The topological polar surface area (TPSA) is 71.0 Å². The summed E-state index contributed by atoms with van der Waals surface area (Å²) in [5, 5.41) is 7.13. The van der Waals surface area contributed by atoms with Crippen molar-refractivity contribution in [1.82, 2.24) is 19.7 Å². The van der Waals surface area contributed by atoms with Crippen molar-refractivity contribution in [3.63, 3.8) is 0 Å². The van der Waals surface area contributed by atoms with E-state index in [4.69, 9.17) is 0 Å². The lowest BCUT2D eigenvalue weighted by molar-refractivity contribution is -0.128. The molecule has 1 N–H and O–H groups in total. The predicted octanol–water partition coefficient (Wildman–Crippen LogP) is 2.55. The van der Waals surface area contributed by atoms with E-state index in [1.807, 2.05) is 35.2 Å². The summed E-state index contributed by atoms with van der Waals surface area (Å²) in [7, 11) is 0. The molecule has 0 saturated heterocycles. The van der Waals surface area contributed by atoms with Gasteiger partial charge < -0.3 is 4.90 Å². The van der Waals surface area contributed by atoms with Gasteiger partial charge in [0.15, 0.2) is 5.16 Å². The Morgan fingerprint density at radius 1 is 1.20 bits per heavy atom. The fourth-order valence-corrected chi connectivity index (χ4v) is 3.49. The number of aromatic nitrogens is 3. The van der Waals surface area contributed by atoms with Gasteiger partial charge in [0.25, 0.3) is 0 Å². The number of rotatable bonds is 10. The Labute approximate surface area is 152 Å². The molecule has 0 fully saturated rings. The molecule has 0 spiro atoms. The second-order valence-electron chi connectivity index (χ2n) is 5.87. The van der Waals surface area contributed by atoms with Crippen LogP contribution in [0.1, 0.15) is 32.3 Å². The van der Waals surface area contributed by atoms with Gasteiger partial charge in [0.2, 0.25) is 5.91 Å². The van der Waals surface area contributed by atoms with Crippen molar-refractivity contribution >= 4 is 17.7 Å². The number of hydrogen-bond donors (Lipinski definition) is 1. The van der Waals surface area contributed by atoms with Crippen LogP contribution in [0, 0.1) is 0 Å². The number of nitrogens with zero attached hydrogens (tertiary/aromatic N) is 3. The molecule has 2 rings (SSSR count). The molecule has 1 heterocycles. The van der Waals surface area contributed by atoms with Crippen molar-refractivity contribution in [2.45, 2.75) is 44.8 Å². The summed E-state index contributed by atoms with van der Waals surface area (Å²) < 4.78 is 1.61. The van der Waals surface area contributed by atoms with Crippen LogP contribution in [0.25, 0.3) is 0 Å². The van der Waals surface area contributed by atoms with Crippen LogP contribution < -0.4 is 5.69 Å². The van der Waals surface area contributed by atoms with E-state index < -0.39 is 0 Å². The number of thioether (sulfide) groups is 1. The number of aryl methyl sites for hydroxylation is 1. The van der Waals surface area contributed by atoms with Gasteiger partial charge in [-0.25, -0.2) is 9.89 Å². The van der Waals surface area contributed by atoms with Gasteiger partial charge in [-0.05, 0) is 24.8 Å². The summed E-state index contributed by atoms with van der Waals surface area (Å²) in [5.41, 5.74) is 0.935. The highest BCUT2D eigenvalue weighted by Gasteiger charge is 2.15. The number of aromatic amines is 1. The van der Waals surface area contributed by atoms with Crippen LogP contribution in [0.5, 0.6) is 0 Å². The minimum Gasteiger partial charge on any atom is -0.342 e. The van der Waals surface area contributed by atoms with Gasteiger partial charge in [-0.3, -0.25) is 9.36 Å². The quantitative estimate of drug-likeness (QED) is 0.660. The van der Waals surface area contributed by atoms with Crippen molar-refractivity contribution in [3.05, 3.63) is 46.4 Å². The van der Waals surface area contributed by atoms with Crippen molar-refractivity contribution < 1.29 is 4.79 Å². The monoisotopic (exact) mass is 362 g/mol. The zero-order chi connectivity index (χ0) is 18.1. The summed E-state index contributed by atoms with van der Waals surface area (Å²) in [6, 6.07) is 10.0. The number of H-pyrrole nitrogens is 1. The average molecular weight is 362 g/mol. The maximum Gasteiger partial charge on any atom is 0.343 e. The van der Waals surface area contributed by atoms with Gasteiger partial charge in [-0.2, -0.15) is 0 Å². The van der Waals surface area contributed by atoms with Crippen LogP contribution in [-0.4, -0.2) is 44.4 Å². The number of nitrogens with one attached hydrogen (secondary N) is 1. The minimum absolute atomic E-state index is 0.0961. The number of benzene rings is 1. The molecule has 0 unspecified atom stereocenters. The molecule has 0 aliphatic rings. The van der Waals surface area contributed by atoms with E-state index in [0.717, 1.165) is 32.4 Å². The van der Waals surface area contributed by atoms with E-state index >= 15 is 0 Å². The maximum atomic E-state index is 12.4. The Balaban J connectivity index is 1.96. The lowest BCUT2D eigenvalue weighted by Crippen LogP contribution is -2.34. The van der Waals surface area contributed by atoms with Crippen LogP contribution in [0.15, 0.2) is 40.3 Å². The molecule has 136 valence electrons. The lowest BCUT2D eigenvalue weighted by Gasteiger charge is -2.21. The van der Waals surface area contributed by atoms with Crippen molar-refractivity contribution in [3.8, 4) is 0 Å². The van der Waals surface area contributed by atoms with Crippen LogP contribution in [0.3, 0.4) is 0 Å². The Morgan fingerprint density at radius 3 is 2.52 bits per heavy atom. The summed E-state index contributed by atoms with van der Waals surface area (Å²) >= 11 is 1.32. The van der Waals surface area contributed by atoms with E-state index in [-0.39, 0.29) is 11.6 Å². The van der Waals surface area contributed by atoms with Crippen LogP contribution in [-0.2, 0) is 17.8 Å². The van der Waals surface area contributed by atoms with Crippen LogP contribution >= 0.6 is 11.8 Å². The van der Waals surface area contributed by atoms with Crippen molar-refractivity contribution in [2.75, 3.05) is 18.8 Å². The molecule has 2 aromatic rings. The largest absolute Gasteiger partial charge is 0.343 e. The molecule has 1 aromatic heterocycles. The third kappa shape index (κ3) is 5.77. The Bertz CT molecular complexity index is 705. The van der Waals surface area contributed by atoms with E-state index in [1.165, 1.54) is 17.3 Å². The first-order chi connectivity index (χ1) is 12.2. The predicted molar refractivity (Wildman–Crippen MR) is 101 cm³/mol. The fourth-order valence-electron chi connectivity index (χ4n) is 2.61. The smallest absolute Gasteiger partial charge is 0.342 e. The van der Waals surface area contributed by atoms with Gasteiger partial charge in [-0.15, -0.1) is 5.10 Å². The maximum absolute atomic E-state index is 12.4. The first-order valence-corrected chi connectivity index (χ1v) is 9.74. The average Bonchev–Trinajstić information content (AvgIpc) is 2.98. The van der Waals surface area contributed by atoms with Crippen molar-refractivity contribution in [1.29, 1.82) is 0 Å². The van der Waals surface area contributed by atoms with Crippen LogP contribution in [0.2, 0.25) is 0 Å². The van der Waals surface area contributed by atoms with Crippen molar-refractivity contribution in [2.24, 2.45) is 0 Å². The fraction of sp³-hybridized carbons (Fsp3) is 0.500. The van der Waals surface area contributed by atoms with Gasteiger partial charge in [-0.1, -0.05) is 55.9 Å². The molecule has 7 heteroatoms. The highest BCUT2D eigenvalue weighted by molar-refractivity contribution is 7.99. The molecule has 0 radical (unpaired) electrons. The molecule has 1 amide bonds. The molecule has 25 heavy (non-hydrogen) atoms. The Hall–Kier alpha value is -2.02. The number of carbonyl (C=O) groups is 1. The normalized spacial score (nSPS) is 10.8. The zero-order valence-corrected chi connectivity index (χ0v) is 15.7. The molecule has 6 nitrogen and oxygen atoms in total. The van der Waals surface area contributed by atoms with Gasteiger partial charge in [0.05, 0.1) is 5.75 Å². The molecule has 0 aliphatic heterocycles.